The third-order valence-electron chi connectivity index (χ3n) is 4.43. The summed E-state index contributed by atoms with van der Waals surface area (Å²) >= 11 is 0. The fourth-order valence-corrected chi connectivity index (χ4v) is 3.21. The van der Waals surface area contributed by atoms with Gasteiger partial charge in [0.1, 0.15) is 0 Å². The molecule has 2 aliphatic rings. The predicted octanol–water partition coefficient (Wildman–Crippen LogP) is 1.000. The fraction of sp³-hybridized carbons (Fsp3) is 0.647. The van der Waals surface area contributed by atoms with Crippen molar-refractivity contribution in [3.05, 3.63) is 30.1 Å². The standard InChI is InChI=1S/C17H27N5O/c1-2-18-17(20-10-14-6-3-4-8-19-14)21-11-16-12-22-9-5-7-15(22)13-23-16/h3-4,6,8,15-16H,2,5,7,9-13H2,1H3,(H2,18,20,21). The van der Waals surface area contributed by atoms with Crippen molar-refractivity contribution in [3.63, 3.8) is 0 Å². The van der Waals surface area contributed by atoms with Gasteiger partial charge in [0.15, 0.2) is 5.96 Å². The van der Waals surface area contributed by atoms with E-state index in [-0.39, 0.29) is 6.10 Å². The van der Waals surface area contributed by atoms with E-state index >= 15 is 0 Å². The molecule has 2 aliphatic heterocycles. The third-order valence-corrected chi connectivity index (χ3v) is 4.43. The maximum absolute atomic E-state index is 5.98. The molecule has 2 unspecified atom stereocenters. The van der Waals surface area contributed by atoms with Crippen LogP contribution in [0.25, 0.3) is 0 Å². The number of pyridine rings is 1. The largest absolute Gasteiger partial charge is 0.373 e. The number of aromatic nitrogens is 1. The zero-order valence-electron chi connectivity index (χ0n) is 13.9. The SMILES string of the molecule is CCNC(=NCc1ccccn1)NCC1CN2CCCC2CO1. The highest BCUT2D eigenvalue weighted by Crippen LogP contribution is 2.22. The molecule has 0 saturated carbocycles. The molecule has 1 aromatic rings. The molecule has 3 heterocycles. The zero-order chi connectivity index (χ0) is 15.9. The van der Waals surface area contributed by atoms with E-state index in [4.69, 9.17) is 4.74 Å². The maximum Gasteiger partial charge on any atom is 0.191 e. The van der Waals surface area contributed by atoms with Gasteiger partial charge in [-0.25, -0.2) is 4.99 Å². The monoisotopic (exact) mass is 317 g/mol. The van der Waals surface area contributed by atoms with Crippen molar-refractivity contribution in [2.45, 2.75) is 38.5 Å². The second kappa shape index (κ2) is 8.26. The van der Waals surface area contributed by atoms with Crippen LogP contribution in [0.2, 0.25) is 0 Å². The Hall–Kier alpha value is -1.66. The molecule has 3 rings (SSSR count). The lowest BCUT2D eigenvalue weighted by Crippen LogP contribution is -2.51. The second-order valence-electron chi connectivity index (χ2n) is 6.14. The average molecular weight is 317 g/mol. The Morgan fingerprint density at radius 2 is 2.39 bits per heavy atom. The minimum Gasteiger partial charge on any atom is -0.373 e. The van der Waals surface area contributed by atoms with E-state index in [0.29, 0.717) is 12.6 Å². The van der Waals surface area contributed by atoms with Crippen molar-refractivity contribution in [2.75, 3.05) is 32.8 Å². The number of aliphatic imine (C=N–C) groups is 1. The minimum absolute atomic E-state index is 0.239. The van der Waals surface area contributed by atoms with Gasteiger partial charge in [0.05, 0.1) is 24.9 Å². The molecule has 126 valence electrons. The van der Waals surface area contributed by atoms with Crippen LogP contribution in [0.5, 0.6) is 0 Å². The molecule has 6 heteroatoms. The normalized spacial score (nSPS) is 25.2. The first-order chi connectivity index (χ1) is 11.3. The van der Waals surface area contributed by atoms with Gasteiger partial charge in [-0.3, -0.25) is 9.88 Å². The minimum atomic E-state index is 0.239. The summed E-state index contributed by atoms with van der Waals surface area (Å²) in [5.41, 5.74) is 0.971. The molecular formula is C17H27N5O. The van der Waals surface area contributed by atoms with E-state index in [1.165, 1.54) is 19.4 Å². The topological polar surface area (TPSA) is 61.8 Å². The molecule has 0 amide bonds. The molecule has 0 spiro atoms. The van der Waals surface area contributed by atoms with Crippen LogP contribution in [-0.4, -0.2) is 60.8 Å². The number of rotatable bonds is 5. The van der Waals surface area contributed by atoms with Crippen molar-refractivity contribution in [3.8, 4) is 0 Å². The van der Waals surface area contributed by atoms with Crippen LogP contribution < -0.4 is 10.6 Å². The van der Waals surface area contributed by atoms with Crippen molar-refractivity contribution < 1.29 is 4.74 Å². The lowest BCUT2D eigenvalue weighted by molar-refractivity contribution is -0.0453. The molecule has 0 aromatic carbocycles. The third kappa shape index (κ3) is 4.65. The van der Waals surface area contributed by atoms with E-state index < -0.39 is 0 Å². The van der Waals surface area contributed by atoms with Gasteiger partial charge in [-0.05, 0) is 38.4 Å². The Kier molecular flexibility index (Phi) is 5.82. The molecule has 2 fully saturated rings. The van der Waals surface area contributed by atoms with E-state index in [0.717, 1.165) is 37.9 Å². The summed E-state index contributed by atoms with van der Waals surface area (Å²) in [5.74, 6) is 0.824. The number of nitrogens with one attached hydrogen (secondary N) is 2. The summed E-state index contributed by atoms with van der Waals surface area (Å²) in [5, 5.41) is 6.68. The lowest BCUT2D eigenvalue weighted by Gasteiger charge is -2.35. The summed E-state index contributed by atoms with van der Waals surface area (Å²) in [6.07, 6.45) is 4.63. The quantitative estimate of drug-likeness (QED) is 0.627. The molecule has 2 saturated heterocycles. The fourth-order valence-electron chi connectivity index (χ4n) is 3.21. The molecule has 23 heavy (non-hydrogen) atoms. The zero-order valence-corrected chi connectivity index (χ0v) is 13.9. The number of hydrogen-bond acceptors (Lipinski definition) is 4. The van der Waals surface area contributed by atoms with Crippen molar-refractivity contribution in [1.82, 2.24) is 20.5 Å². The lowest BCUT2D eigenvalue weighted by atomic mass is 10.2. The highest BCUT2D eigenvalue weighted by atomic mass is 16.5. The van der Waals surface area contributed by atoms with E-state index in [2.05, 4.69) is 32.4 Å². The average Bonchev–Trinajstić information content (AvgIpc) is 3.06. The number of ether oxygens (including phenoxy) is 1. The Labute approximate surface area is 138 Å². The molecular weight excluding hydrogens is 290 g/mol. The summed E-state index contributed by atoms with van der Waals surface area (Å²) in [6, 6.07) is 6.55. The Balaban J connectivity index is 1.49. The molecule has 0 aliphatic carbocycles. The van der Waals surface area contributed by atoms with E-state index in [1.807, 2.05) is 18.2 Å². The van der Waals surface area contributed by atoms with Crippen LogP contribution in [0.3, 0.4) is 0 Å². The van der Waals surface area contributed by atoms with Crippen LogP contribution in [0.1, 0.15) is 25.5 Å². The highest BCUT2D eigenvalue weighted by Gasteiger charge is 2.32. The van der Waals surface area contributed by atoms with Crippen molar-refractivity contribution in [1.29, 1.82) is 0 Å². The molecule has 0 bridgehead atoms. The summed E-state index contributed by atoms with van der Waals surface area (Å²) in [4.78, 5) is 11.5. The van der Waals surface area contributed by atoms with Gasteiger partial charge in [-0.15, -0.1) is 0 Å². The molecule has 6 nitrogen and oxygen atoms in total. The van der Waals surface area contributed by atoms with Crippen LogP contribution >= 0.6 is 0 Å². The number of guanidine groups is 1. The Morgan fingerprint density at radius 3 is 3.22 bits per heavy atom. The number of fused-ring (bicyclic) bond motifs is 1. The first kappa shape index (κ1) is 16.2. The molecule has 0 radical (unpaired) electrons. The Bertz CT molecular complexity index is 507. The van der Waals surface area contributed by atoms with Gasteiger partial charge < -0.3 is 15.4 Å². The van der Waals surface area contributed by atoms with Gasteiger partial charge >= 0.3 is 0 Å². The van der Waals surface area contributed by atoms with E-state index in [9.17, 15) is 0 Å². The van der Waals surface area contributed by atoms with Gasteiger partial charge in [0.2, 0.25) is 0 Å². The van der Waals surface area contributed by atoms with Crippen LogP contribution in [0.4, 0.5) is 0 Å². The first-order valence-electron chi connectivity index (χ1n) is 8.63. The van der Waals surface area contributed by atoms with Crippen LogP contribution in [0.15, 0.2) is 29.4 Å². The number of morpholine rings is 1. The van der Waals surface area contributed by atoms with Crippen LogP contribution in [-0.2, 0) is 11.3 Å². The molecule has 1 aromatic heterocycles. The highest BCUT2D eigenvalue weighted by molar-refractivity contribution is 5.79. The molecule has 2 N–H and O–H groups in total. The molecule has 2 atom stereocenters. The first-order valence-corrected chi connectivity index (χ1v) is 8.63. The second-order valence-corrected chi connectivity index (χ2v) is 6.14. The summed E-state index contributed by atoms with van der Waals surface area (Å²) < 4.78 is 5.98. The van der Waals surface area contributed by atoms with Gasteiger partial charge in [-0.1, -0.05) is 6.07 Å². The number of nitrogens with zero attached hydrogens (tertiary/aromatic N) is 3. The summed E-state index contributed by atoms with van der Waals surface area (Å²) in [6.45, 7) is 7.40. The summed E-state index contributed by atoms with van der Waals surface area (Å²) in [7, 11) is 0. The number of hydrogen-bond donors (Lipinski definition) is 2. The van der Waals surface area contributed by atoms with Gasteiger partial charge in [-0.2, -0.15) is 0 Å². The smallest absolute Gasteiger partial charge is 0.191 e. The van der Waals surface area contributed by atoms with Crippen molar-refractivity contribution in [2.24, 2.45) is 4.99 Å². The van der Waals surface area contributed by atoms with Crippen molar-refractivity contribution >= 4 is 5.96 Å². The predicted molar refractivity (Wildman–Crippen MR) is 91.4 cm³/mol. The van der Waals surface area contributed by atoms with Crippen LogP contribution in [0, 0.1) is 0 Å². The van der Waals surface area contributed by atoms with Gasteiger partial charge in [0.25, 0.3) is 0 Å². The van der Waals surface area contributed by atoms with Gasteiger partial charge in [0, 0.05) is 31.9 Å². The maximum atomic E-state index is 5.98. The van der Waals surface area contributed by atoms with E-state index in [1.54, 1.807) is 6.20 Å². The Morgan fingerprint density at radius 1 is 1.43 bits per heavy atom.